The Kier molecular flexibility index (Phi) is 3.93. The third-order valence-corrected chi connectivity index (χ3v) is 4.63. The summed E-state index contributed by atoms with van der Waals surface area (Å²) in [6.07, 6.45) is 4.63. The molecule has 0 bridgehead atoms. The molecule has 0 aliphatic heterocycles. The van der Waals surface area contributed by atoms with E-state index in [9.17, 15) is 4.39 Å². The van der Waals surface area contributed by atoms with Crippen molar-refractivity contribution in [3.05, 3.63) is 77.1 Å². The van der Waals surface area contributed by atoms with Crippen molar-refractivity contribution in [1.29, 1.82) is 0 Å². The Bertz CT molecular complexity index is 1110. The van der Waals surface area contributed by atoms with Crippen molar-refractivity contribution in [1.82, 2.24) is 14.4 Å². The summed E-state index contributed by atoms with van der Waals surface area (Å²) in [5, 5.41) is 0. The Balaban J connectivity index is 1.91. The first-order chi connectivity index (χ1) is 12.2. The van der Waals surface area contributed by atoms with E-state index < -0.39 is 0 Å². The third kappa shape index (κ3) is 2.87. The zero-order chi connectivity index (χ0) is 17.4. The van der Waals surface area contributed by atoms with Gasteiger partial charge in [-0.05, 0) is 47.5 Å². The van der Waals surface area contributed by atoms with Crippen LogP contribution in [0.3, 0.4) is 0 Å². The van der Waals surface area contributed by atoms with Crippen LogP contribution in [0.4, 0.5) is 4.39 Å². The van der Waals surface area contributed by atoms with Crippen LogP contribution in [-0.4, -0.2) is 14.4 Å². The van der Waals surface area contributed by atoms with E-state index >= 15 is 0 Å². The molecule has 0 atom stereocenters. The Morgan fingerprint density at radius 1 is 1.12 bits per heavy atom. The van der Waals surface area contributed by atoms with Crippen LogP contribution < -0.4 is 0 Å². The maximum absolute atomic E-state index is 13.6. The number of hydrogen-bond donors (Lipinski definition) is 1. The van der Waals surface area contributed by atoms with Crippen LogP contribution in [0.2, 0.25) is 0 Å². The topological polar surface area (TPSA) is 33.1 Å². The largest absolute Gasteiger partial charge is 0.339 e. The van der Waals surface area contributed by atoms with Crippen molar-refractivity contribution in [2.24, 2.45) is 0 Å². The second-order valence-corrected chi connectivity index (χ2v) is 6.27. The maximum atomic E-state index is 13.6. The van der Waals surface area contributed by atoms with Crippen LogP contribution >= 0.6 is 12.2 Å². The van der Waals surface area contributed by atoms with Crippen LogP contribution in [0, 0.1) is 10.6 Å². The lowest BCUT2D eigenvalue weighted by Gasteiger charge is -2.04. The summed E-state index contributed by atoms with van der Waals surface area (Å²) in [6, 6.07) is 14.9. The predicted molar refractivity (Wildman–Crippen MR) is 101 cm³/mol. The van der Waals surface area contributed by atoms with E-state index in [2.05, 4.69) is 41.2 Å². The van der Waals surface area contributed by atoms with E-state index in [1.54, 1.807) is 12.3 Å². The van der Waals surface area contributed by atoms with Gasteiger partial charge in [0.05, 0.1) is 5.69 Å². The second-order valence-electron chi connectivity index (χ2n) is 5.90. The Hall–Kier alpha value is -2.79. The zero-order valence-electron chi connectivity index (χ0n) is 13.7. The lowest BCUT2D eigenvalue weighted by molar-refractivity contribution is 0.628. The average molecular weight is 349 g/mol. The predicted octanol–water partition coefficient (Wildman–Crippen LogP) is 5.43. The molecule has 4 aromatic rings. The SMILES string of the molecule is CCc1ccc(-c2cn3c(=S)ncc(-c4cccc(F)c4)c3[nH]2)cc1. The maximum Gasteiger partial charge on any atom is 0.205 e. The summed E-state index contributed by atoms with van der Waals surface area (Å²) in [7, 11) is 0. The molecule has 5 heteroatoms. The minimum Gasteiger partial charge on any atom is -0.339 e. The fourth-order valence-corrected chi connectivity index (χ4v) is 3.14. The summed E-state index contributed by atoms with van der Waals surface area (Å²) < 4.78 is 15.9. The first-order valence-corrected chi connectivity index (χ1v) is 8.52. The van der Waals surface area contributed by atoms with Gasteiger partial charge in [-0.1, -0.05) is 43.3 Å². The first-order valence-electron chi connectivity index (χ1n) is 8.11. The molecule has 0 amide bonds. The summed E-state index contributed by atoms with van der Waals surface area (Å²) in [6.45, 7) is 2.13. The Morgan fingerprint density at radius 2 is 1.92 bits per heavy atom. The average Bonchev–Trinajstić information content (AvgIpc) is 3.08. The molecule has 0 saturated heterocycles. The van der Waals surface area contributed by atoms with Crippen LogP contribution in [0.1, 0.15) is 12.5 Å². The van der Waals surface area contributed by atoms with Crippen molar-refractivity contribution < 1.29 is 4.39 Å². The number of nitrogens with one attached hydrogen (secondary N) is 1. The Labute approximate surface area is 149 Å². The molecule has 0 spiro atoms. The quantitative estimate of drug-likeness (QED) is 0.501. The van der Waals surface area contributed by atoms with Gasteiger partial charge < -0.3 is 4.98 Å². The number of aromatic nitrogens is 3. The van der Waals surface area contributed by atoms with E-state index in [0.29, 0.717) is 4.77 Å². The zero-order valence-corrected chi connectivity index (χ0v) is 14.5. The van der Waals surface area contributed by atoms with Crippen LogP contribution in [0.15, 0.2) is 60.9 Å². The van der Waals surface area contributed by atoms with Crippen molar-refractivity contribution in [3.63, 3.8) is 0 Å². The number of benzene rings is 2. The molecule has 0 fully saturated rings. The lowest BCUT2D eigenvalue weighted by Crippen LogP contribution is -1.92. The molecule has 2 aromatic heterocycles. The molecular weight excluding hydrogens is 333 g/mol. The Morgan fingerprint density at radius 3 is 2.64 bits per heavy atom. The number of H-pyrrole nitrogens is 1. The molecule has 4 rings (SSSR count). The van der Waals surface area contributed by atoms with E-state index in [-0.39, 0.29) is 5.82 Å². The van der Waals surface area contributed by atoms with Gasteiger partial charge in [0.1, 0.15) is 11.5 Å². The third-order valence-electron chi connectivity index (χ3n) is 4.33. The second kappa shape index (κ2) is 6.26. The number of imidazole rings is 1. The standard InChI is InChI=1S/C20H16FN3S/c1-2-13-6-8-14(9-7-13)18-12-24-19(23-18)17(11-22-20(24)25)15-4-3-5-16(21)10-15/h3-12,23H,2H2,1H3. The lowest BCUT2D eigenvalue weighted by atomic mass is 10.1. The van der Waals surface area contributed by atoms with Gasteiger partial charge in [-0.25, -0.2) is 9.37 Å². The summed E-state index contributed by atoms with van der Waals surface area (Å²) in [5.41, 5.74) is 5.68. The molecule has 2 aromatic carbocycles. The van der Waals surface area contributed by atoms with Crippen molar-refractivity contribution in [3.8, 4) is 22.4 Å². The highest BCUT2D eigenvalue weighted by molar-refractivity contribution is 7.71. The molecule has 2 heterocycles. The van der Waals surface area contributed by atoms with Gasteiger partial charge in [-0.3, -0.25) is 4.40 Å². The van der Waals surface area contributed by atoms with E-state index in [1.165, 1.54) is 17.7 Å². The summed E-state index contributed by atoms with van der Waals surface area (Å²) in [4.78, 5) is 7.69. The van der Waals surface area contributed by atoms with Gasteiger partial charge in [0.2, 0.25) is 4.77 Å². The fourth-order valence-electron chi connectivity index (χ4n) is 2.94. The fraction of sp³-hybridized carbons (Fsp3) is 0.100. The van der Waals surface area contributed by atoms with E-state index in [1.807, 2.05) is 16.7 Å². The van der Waals surface area contributed by atoms with Crippen LogP contribution in [0.25, 0.3) is 28.0 Å². The smallest absolute Gasteiger partial charge is 0.205 e. The molecule has 3 nitrogen and oxygen atoms in total. The molecule has 25 heavy (non-hydrogen) atoms. The van der Waals surface area contributed by atoms with Gasteiger partial charge in [0, 0.05) is 18.0 Å². The van der Waals surface area contributed by atoms with E-state index in [4.69, 9.17) is 12.2 Å². The number of fused-ring (bicyclic) bond motifs is 1. The number of rotatable bonds is 3. The first kappa shape index (κ1) is 15.7. The molecule has 0 radical (unpaired) electrons. The number of hydrogen-bond acceptors (Lipinski definition) is 2. The summed E-state index contributed by atoms with van der Waals surface area (Å²) >= 11 is 5.35. The highest BCUT2D eigenvalue weighted by Crippen LogP contribution is 2.27. The molecule has 0 saturated carbocycles. The molecular formula is C20H16FN3S. The normalized spacial score (nSPS) is 11.1. The van der Waals surface area contributed by atoms with Gasteiger partial charge in [-0.15, -0.1) is 0 Å². The van der Waals surface area contributed by atoms with Crippen LogP contribution in [-0.2, 0) is 6.42 Å². The van der Waals surface area contributed by atoms with Gasteiger partial charge >= 0.3 is 0 Å². The highest BCUT2D eigenvalue weighted by atomic mass is 32.1. The highest BCUT2D eigenvalue weighted by Gasteiger charge is 2.11. The van der Waals surface area contributed by atoms with Crippen LogP contribution in [0.5, 0.6) is 0 Å². The number of halogens is 1. The number of aryl methyl sites for hydroxylation is 1. The minimum absolute atomic E-state index is 0.278. The van der Waals surface area contributed by atoms with Crippen molar-refractivity contribution in [2.45, 2.75) is 13.3 Å². The molecule has 124 valence electrons. The molecule has 0 aliphatic rings. The van der Waals surface area contributed by atoms with Crippen molar-refractivity contribution in [2.75, 3.05) is 0 Å². The van der Waals surface area contributed by atoms with Gasteiger partial charge in [0.25, 0.3) is 0 Å². The number of nitrogens with zero attached hydrogens (tertiary/aromatic N) is 2. The van der Waals surface area contributed by atoms with Gasteiger partial charge in [0.15, 0.2) is 0 Å². The van der Waals surface area contributed by atoms with Crippen molar-refractivity contribution >= 4 is 17.9 Å². The molecule has 1 N–H and O–H groups in total. The van der Waals surface area contributed by atoms with Gasteiger partial charge in [-0.2, -0.15) is 0 Å². The molecule has 0 unspecified atom stereocenters. The monoisotopic (exact) mass is 349 g/mol. The summed E-state index contributed by atoms with van der Waals surface area (Å²) in [5.74, 6) is -0.278. The molecule has 0 aliphatic carbocycles. The number of aromatic amines is 1. The van der Waals surface area contributed by atoms with E-state index in [0.717, 1.165) is 34.5 Å². The minimum atomic E-state index is -0.278.